The molecule has 2 aromatic heterocycles. The second kappa shape index (κ2) is 11.5. The Balaban J connectivity index is 1.57. The number of carbonyl (C=O) groups excluding carboxylic acids is 1. The van der Waals surface area contributed by atoms with E-state index in [2.05, 4.69) is 26.6 Å². The van der Waals surface area contributed by atoms with Gasteiger partial charge in [0.1, 0.15) is 17.9 Å². The first-order chi connectivity index (χ1) is 18.8. The number of benzene rings is 1. The Hall–Kier alpha value is -3.55. The van der Waals surface area contributed by atoms with Crippen LogP contribution in [0.5, 0.6) is 11.6 Å². The summed E-state index contributed by atoms with van der Waals surface area (Å²) in [6.45, 7) is 10.5. The highest BCUT2D eigenvalue weighted by Crippen LogP contribution is 2.47. The lowest BCUT2D eigenvalue weighted by Crippen LogP contribution is -2.43. The van der Waals surface area contributed by atoms with Crippen molar-refractivity contribution in [1.29, 1.82) is 0 Å². The van der Waals surface area contributed by atoms with Gasteiger partial charge in [-0.2, -0.15) is 15.1 Å². The Morgan fingerprint density at radius 1 is 1.27 bits per heavy atom. The summed E-state index contributed by atoms with van der Waals surface area (Å²) in [5.74, 6) is -0.162. The number of hydrogen-bond acceptors (Lipinski definition) is 12. The molecule has 15 heteroatoms. The number of nitrogens with zero attached hydrogens (tertiary/aromatic N) is 4. The molecule has 3 heterocycles. The minimum atomic E-state index is -4.14. The van der Waals surface area contributed by atoms with Crippen LogP contribution >= 0.6 is 7.75 Å². The Morgan fingerprint density at radius 2 is 1.98 bits per heavy atom. The third-order valence-corrected chi connectivity index (χ3v) is 7.80. The highest BCUT2D eigenvalue weighted by atomic mass is 31.2. The molecular formula is C25H34N7O7P. The fourth-order valence-corrected chi connectivity index (χ4v) is 5.59. The molecule has 3 aromatic rings. The summed E-state index contributed by atoms with van der Waals surface area (Å²) in [6, 6.07) is 7.42. The number of fused-ring (bicyclic) bond motifs is 1. The van der Waals surface area contributed by atoms with Crippen LogP contribution in [0.3, 0.4) is 0 Å². The summed E-state index contributed by atoms with van der Waals surface area (Å²) in [7, 11) is -2.69. The number of nitrogens with two attached hydrogens (primary N) is 2. The lowest BCUT2D eigenvalue weighted by atomic mass is 9.92. The first-order valence-electron chi connectivity index (χ1n) is 12.5. The van der Waals surface area contributed by atoms with Crippen molar-refractivity contribution in [3.05, 3.63) is 48.8 Å². The van der Waals surface area contributed by atoms with Crippen LogP contribution < -0.4 is 25.8 Å². The van der Waals surface area contributed by atoms with E-state index >= 15 is 0 Å². The standard InChI is InChI=1S/C25H34N7O7P/c1-14(2)37-22(33)16(4)31-40(34,39-17-10-8-7-9-11-17)36-12-18-15(3)25(5,27)23(38-18)32-13-28-19-20(32)29-24(26)30-21(19)35-6/h7-11,13-14,16,18,23H,3,12,27H2,1-2,4-6H3,(H,31,34)(H2,26,29,30). The Kier molecular flexibility index (Phi) is 8.47. The summed E-state index contributed by atoms with van der Waals surface area (Å²) in [6.07, 6.45) is -0.521. The van der Waals surface area contributed by atoms with Gasteiger partial charge in [0, 0.05) is 0 Å². The number of para-hydroxylation sites is 1. The van der Waals surface area contributed by atoms with E-state index in [1.54, 1.807) is 55.7 Å². The van der Waals surface area contributed by atoms with Crippen molar-refractivity contribution in [3.63, 3.8) is 0 Å². The number of nitrogen functional groups attached to an aromatic ring is 1. The number of nitrogens with one attached hydrogen (secondary N) is 1. The van der Waals surface area contributed by atoms with Crippen molar-refractivity contribution in [3.8, 4) is 11.6 Å². The van der Waals surface area contributed by atoms with Gasteiger partial charge in [0.15, 0.2) is 17.4 Å². The molecule has 40 heavy (non-hydrogen) atoms. The largest absolute Gasteiger partial charge is 0.479 e. The van der Waals surface area contributed by atoms with Gasteiger partial charge in [0.2, 0.25) is 11.8 Å². The van der Waals surface area contributed by atoms with Crippen LogP contribution in [0.25, 0.3) is 11.2 Å². The van der Waals surface area contributed by atoms with Gasteiger partial charge in [0.25, 0.3) is 0 Å². The maximum Gasteiger partial charge on any atom is 0.459 e. The number of imidazole rings is 1. The average molecular weight is 576 g/mol. The van der Waals surface area contributed by atoms with Gasteiger partial charge in [-0.05, 0) is 45.4 Å². The molecule has 1 aromatic carbocycles. The Morgan fingerprint density at radius 3 is 2.62 bits per heavy atom. The third-order valence-electron chi connectivity index (χ3n) is 6.16. The average Bonchev–Trinajstić information content (AvgIpc) is 3.40. The van der Waals surface area contributed by atoms with E-state index in [0.717, 1.165) is 0 Å². The van der Waals surface area contributed by atoms with E-state index in [4.69, 9.17) is 34.7 Å². The fourth-order valence-electron chi connectivity index (χ4n) is 4.10. The van der Waals surface area contributed by atoms with Gasteiger partial charge in [-0.3, -0.25) is 13.9 Å². The van der Waals surface area contributed by atoms with E-state index < -0.39 is 37.6 Å². The lowest BCUT2D eigenvalue weighted by molar-refractivity contribution is -0.149. The molecule has 14 nitrogen and oxygen atoms in total. The second-order valence-electron chi connectivity index (χ2n) is 9.73. The molecule has 0 saturated carbocycles. The predicted molar refractivity (Wildman–Crippen MR) is 146 cm³/mol. The highest BCUT2D eigenvalue weighted by Gasteiger charge is 2.48. The number of methoxy groups -OCH3 is 1. The van der Waals surface area contributed by atoms with Gasteiger partial charge in [-0.15, -0.1) is 0 Å². The van der Waals surface area contributed by atoms with Crippen molar-refractivity contribution in [1.82, 2.24) is 24.6 Å². The number of ether oxygens (including phenoxy) is 3. The molecule has 0 bridgehead atoms. The normalized spacial score (nSPS) is 23.2. The number of aromatic nitrogens is 4. The summed E-state index contributed by atoms with van der Waals surface area (Å²) in [5.41, 5.74) is 12.6. The van der Waals surface area contributed by atoms with Crippen molar-refractivity contribution in [2.24, 2.45) is 5.73 Å². The number of rotatable bonds is 11. The molecule has 5 atom stereocenters. The summed E-state index contributed by atoms with van der Waals surface area (Å²) in [5, 5.41) is 2.65. The molecule has 1 aliphatic heterocycles. The first-order valence-corrected chi connectivity index (χ1v) is 14.0. The molecule has 1 fully saturated rings. The van der Waals surface area contributed by atoms with Crippen molar-refractivity contribution < 1.29 is 32.6 Å². The van der Waals surface area contributed by atoms with Crippen molar-refractivity contribution in [2.75, 3.05) is 19.5 Å². The number of anilines is 1. The van der Waals surface area contributed by atoms with Crippen LogP contribution in [0, 0.1) is 0 Å². The maximum absolute atomic E-state index is 13.9. The molecular weight excluding hydrogens is 541 g/mol. The topological polar surface area (TPSA) is 188 Å². The summed E-state index contributed by atoms with van der Waals surface area (Å²) < 4.78 is 43.7. The monoisotopic (exact) mass is 575 g/mol. The van der Waals surface area contributed by atoms with E-state index in [9.17, 15) is 9.36 Å². The number of carbonyl (C=O) groups is 1. The predicted octanol–water partition coefficient (Wildman–Crippen LogP) is 2.72. The Labute approximate surface area is 231 Å². The third kappa shape index (κ3) is 6.11. The van der Waals surface area contributed by atoms with Crippen LogP contribution in [0.4, 0.5) is 5.95 Å². The van der Waals surface area contributed by atoms with Crippen LogP contribution in [-0.2, 0) is 23.4 Å². The summed E-state index contributed by atoms with van der Waals surface area (Å²) in [4.78, 5) is 25.1. The fraction of sp³-hybridized carbons (Fsp3) is 0.440. The SMILES string of the molecule is C=C1C(COP(=O)(NC(C)C(=O)OC(C)C)Oc2ccccc2)OC(n2cnc3c(OC)nc(N)nc32)C1(C)N. The lowest BCUT2D eigenvalue weighted by Gasteiger charge is -2.27. The van der Waals surface area contributed by atoms with Gasteiger partial charge in [-0.25, -0.2) is 9.55 Å². The smallest absolute Gasteiger partial charge is 0.459 e. The molecule has 216 valence electrons. The zero-order chi connectivity index (χ0) is 29.2. The molecule has 5 unspecified atom stereocenters. The van der Waals surface area contributed by atoms with Crippen LogP contribution in [0.15, 0.2) is 48.8 Å². The van der Waals surface area contributed by atoms with Gasteiger partial charge >= 0.3 is 13.7 Å². The van der Waals surface area contributed by atoms with E-state index in [0.29, 0.717) is 16.7 Å². The quantitative estimate of drug-likeness (QED) is 0.172. The zero-order valence-electron chi connectivity index (χ0n) is 22.9. The molecule has 0 radical (unpaired) electrons. The number of esters is 1. The van der Waals surface area contributed by atoms with Crippen molar-refractivity contribution >= 4 is 30.8 Å². The molecule has 0 aliphatic carbocycles. The van der Waals surface area contributed by atoms with Gasteiger partial charge < -0.3 is 30.2 Å². The van der Waals surface area contributed by atoms with Crippen LogP contribution in [0.1, 0.15) is 33.9 Å². The van der Waals surface area contributed by atoms with Gasteiger partial charge in [0.05, 0.1) is 31.7 Å². The van der Waals surface area contributed by atoms with Gasteiger partial charge in [-0.1, -0.05) is 24.8 Å². The molecule has 1 saturated heterocycles. The molecule has 4 rings (SSSR count). The summed E-state index contributed by atoms with van der Waals surface area (Å²) >= 11 is 0. The highest BCUT2D eigenvalue weighted by molar-refractivity contribution is 7.52. The van der Waals surface area contributed by atoms with E-state index in [1.165, 1.54) is 20.4 Å². The molecule has 0 spiro atoms. The minimum absolute atomic E-state index is 0.0169. The zero-order valence-corrected chi connectivity index (χ0v) is 23.8. The van der Waals surface area contributed by atoms with Crippen LogP contribution in [0.2, 0.25) is 0 Å². The second-order valence-corrected chi connectivity index (χ2v) is 11.4. The Bertz CT molecular complexity index is 1430. The maximum atomic E-state index is 13.9. The van der Waals surface area contributed by atoms with E-state index in [-0.39, 0.29) is 30.3 Å². The number of hydrogen-bond donors (Lipinski definition) is 3. The van der Waals surface area contributed by atoms with E-state index in [1.807, 2.05) is 0 Å². The minimum Gasteiger partial charge on any atom is -0.479 e. The molecule has 0 amide bonds. The molecule has 5 N–H and O–H groups in total. The molecule has 1 aliphatic rings. The van der Waals surface area contributed by atoms with Crippen molar-refractivity contribution in [2.45, 2.75) is 57.7 Å². The van der Waals surface area contributed by atoms with Crippen LogP contribution in [-0.4, -0.2) is 63.0 Å². The first kappa shape index (κ1) is 29.4.